The van der Waals surface area contributed by atoms with Crippen LogP contribution in [0.1, 0.15) is 84.0 Å². The average Bonchev–Trinajstić information content (AvgIpc) is 2.50. The van der Waals surface area contributed by atoms with Crippen LogP contribution in [0.2, 0.25) is 0 Å². The first-order valence-corrected chi connectivity index (χ1v) is 9.17. The second-order valence-electron chi connectivity index (χ2n) is 6.55. The van der Waals surface area contributed by atoms with Gasteiger partial charge in [-0.25, -0.2) is 0 Å². The molecule has 1 heterocycles. The highest BCUT2D eigenvalue weighted by Crippen LogP contribution is 2.16. The number of hydrogen-bond acceptors (Lipinski definition) is 3. The van der Waals surface area contributed by atoms with Crippen molar-refractivity contribution in [3.8, 4) is 0 Å². The Morgan fingerprint density at radius 1 is 1.00 bits per heavy atom. The molecule has 3 heteroatoms. The molecule has 2 unspecified atom stereocenters. The van der Waals surface area contributed by atoms with E-state index >= 15 is 0 Å². The molecular weight excluding hydrogens is 264 g/mol. The molecule has 126 valence electrons. The zero-order valence-corrected chi connectivity index (χ0v) is 14.0. The molecule has 0 saturated carbocycles. The van der Waals surface area contributed by atoms with E-state index in [2.05, 4.69) is 6.92 Å². The molecule has 0 aliphatic carbocycles. The molecule has 3 nitrogen and oxygen atoms in total. The van der Waals surface area contributed by atoms with Crippen LogP contribution in [0.5, 0.6) is 0 Å². The van der Waals surface area contributed by atoms with E-state index in [4.69, 9.17) is 14.6 Å². The molecule has 0 aromatic carbocycles. The van der Waals surface area contributed by atoms with Crippen LogP contribution in [0.25, 0.3) is 0 Å². The molecule has 1 aliphatic heterocycles. The number of unbranched alkanes of at least 4 members (excludes halogenated alkanes) is 6. The molecule has 0 aromatic heterocycles. The third-order valence-corrected chi connectivity index (χ3v) is 4.40. The van der Waals surface area contributed by atoms with Crippen LogP contribution >= 0.6 is 0 Å². The normalized spacial score (nSPS) is 20.6. The Bertz CT molecular complexity index is 215. The number of aliphatic hydroxyl groups excluding tert-OH is 1. The highest BCUT2D eigenvalue weighted by molar-refractivity contribution is 4.55. The maximum atomic E-state index is 8.85. The highest BCUT2D eigenvalue weighted by Gasteiger charge is 2.13. The third kappa shape index (κ3) is 11.1. The monoisotopic (exact) mass is 300 g/mol. The first kappa shape index (κ1) is 18.9. The number of ether oxygens (including phenoxy) is 2. The molecule has 1 aliphatic rings. The Balaban J connectivity index is 1.74. The van der Waals surface area contributed by atoms with Gasteiger partial charge in [-0.2, -0.15) is 0 Å². The van der Waals surface area contributed by atoms with Gasteiger partial charge >= 0.3 is 0 Å². The van der Waals surface area contributed by atoms with E-state index in [-0.39, 0.29) is 6.29 Å². The van der Waals surface area contributed by atoms with E-state index in [1.165, 1.54) is 64.2 Å². The lowest BCUT2D eigenvalue weighted by molar-refractivity contribution is -0.162. The van der Waals surface area contributed by atoms with Crippen molar-refractivity contribution in [2.24, 2.45) is 5.92 Å². The number of hydrogen-bond donors (Lipinski definition) is 1. The molecule has 0 aromatic rings. The zero-order valence-electron chi connectivity index (χ0n) is 14.0. The molecule has 0 radical (unpaired) electrons. The summed E-state index contributed by atoms with van der Waals surface area (Å²) in [6.07, 6.45) is 15.0. The second kappa shape index (κ2) is 13.5. The van der Waals surface area contributed by atoms with Crippen LogP contribution in [-0.4, -0.2) is 31.2 Å². The van der Waals surface area contributed by atoms with Gasteiger partial charge in [-0.15, -0.1) is 0 Å². The molecule has 1 fully saturated rings. The topological polar surface area (TPSA) is 38.7 Å². The van der Waals surface area contributed by atoms with E-state index < -0.39 is 0 Å². The van der Waals surface area contributed by atoms with Crippen molar-refractivity contribution in [3.05, 3.63) is 0 Å². The fraction of sp³-hybridized carbons (Fsp3) is 1.00. The van der Waals surface area contributed by atoms with Gasteiger partial charge in [-0.3, -0.25) is 0 Å². The maximum Gasteiger partial charge on any atom is 0.157 e. The molecule has 0 bridgehead atoms. The van der Waals surface area contributed by atoms with Gasteiger partial charge in [0.2, 0.25) is 0 Å². The van der Waals surface area contributed by atoms with Gasteiger partial charge < -0.3 is 14.6 Å². The van der Waals surface area contributed by atoms with Crippen LogP contribution < -0.4 is 0 Å². The molecule has 1 N–H and O–H groups in total. The molecule has 0 amide bonds. The molecule has 0 spiro atoms. The molecular formula is C18H36O3. The van der Waals surface area contributed by atoms with Gasteiger partial charge in [0.05, 0.1) is 0 Å². The van der Waals surface area contributed by atoms with Crippen molar-refractivity contribution in [2.45, 2.75) is 90.3 Å². The van der Waals surface area contributed by atoms with Crippen molar-refractivity contribution in [1.82, 2.24) is 0 Å². The predicted octanol–water partition coefficient (Wildman–Crippen LogP) is 4.67. The summed E-state index contributed by atoms with van der Waals surface area (Å²) < 4.78 is 11.3. The third-order valence-electron chi connectivity index (χ3n) is 4.40. The van der Waals surface area contributed by atoms with Crippen LogP contribution in [0.15, 0.2) is 0 Å². The summed E-state index contributed by atoms with van der Waals surface area (Å²) in [4.78, 5) is 0. The largest absolute Gasteiger partial charge is 0.396 e. The summed E-state index contributed by atoms with van der Waals surface area (Å²) in [6, 6.07) is 0. The number of rotatable bonds is 13. The Labute approximate surface area is 131 Å². The minimum atomic E-state index is 0.0830. The minimum absolute atomic E-state index is 0.0830. The van der Waals surface area contributed by atoms with Crippen molar-refractivity contribution in [3.63, 3.8) is 0 Å². The lowest BCUT2D eigenvalue weighted by atomic mass is 9.99. The molecule has 1 saturated heterocycles. The van der Waals surface area contributed by atoms with Crippen LogP contribution in [0, 0.1) is 5.92 Å². The summed E-state index contributed by atoms with van der Waals surface area (Å²) in [6.45, 7) is 4.33. The first-order valence-electron chi connectivity index (χ1n) is 9.17. The van der Waals surface area contributed by atoms with E-state index in [9.17, 15) is 0 Å². The van der Waals surface area contributed by atoms with Gasteiger partial charge in [-0.1, -0.05) is 51.9 Å². The Morgan fingerprint density at radius 2 is 1.71 bits per heavy atom. The van der Waals surface area contributed by atoms with Crippen LogP contribution in [-0.2, 0) is 9.47 Å². The summed E-state index contributed by atoms with van der Waals surface area (Å²) in [7, 11) is 0. The lowest BCUT2D eigenvalue weighted by Crippen LogP contribution is -2.22. The van der Waals surface area contributed by atoms with Gasteiger partial charge in [0.15, 0.2) is 6.29 Å². The summed E-state index contributed by atoms with van der Waals surface area (Å²) in [5.74, 6) is 0.689. The minimum Gasteiger partial charge on any atom is -0.396 e. The van der Waals surface area contributed by atoms with Crippen molar-refractivity contribution in [2.75, 3.05) is 19.8 Å². The van der Waals surface area contributed by atoms with Gasteiger partial charge in [0.25, 0.3) is 0 Å². The van der Waals surface area contributed by atoms with E-state index in [1.807, 2.05) is 0 Å². The van der Waals surface area contributed by atoms with Crippen molar-refractivity contribution >= 4 is 0 Å². The smallest absolute Gasteiger partial charge is 0.157 e. The van der Waals surface area contributed by atoms with E-state index in [0.717, 1.165) is 26.1 Å². The average molecular weight is 300 g/mol. The SMILES string of the molecule is CC(CCO)CCCCCCCCCOC1CCCCO1. The quantitative estimate of drug-likeness (QED) is 0.502. The maximum absolute atomic E-state index is 8.85. The fourth-order valence-electron chi connectivity index (χ4n) is 2.90. The second-order valence-corrected chi connectivity index (χ2v) is 6.55. The summed E-state index contributed by atoms with van der Waals surface area (Å²) in [5.41, 5.74) is 0. The molecule has 1 rings (SSSR count). The van der Waals surface area contributed by atoms with Crippen molar-refractivity contribution in [1.29, 1.82) is 0 Å². The summed E-state index contributed by atoms with van der Waals surface area (Å²) >= 11 is 0. The Morgan fingerprint density at radius 3 is 2.38 bits per heavy atom. The van der Waals surface area contributed by atoms with Crippen LogP contribution in [0.3, 0.4) is 0 Å². The fourth-order valence-corrected chi connectivity index (χ4v) is 2.90. The summed E-state index contributed by atoms with van der Waals surface area (Å²) in [5, 5.41) is 8.85. The Hall–Kier alpha value is -0.120. The van der Waals surface area contributed by atoms with Crippen LogP contribution in [0.4, 0.5) is 0 Å². The molecule has 2 atom stereocenters. The van der Waals surface area contributed by atoms with Gasteiger partial charge in [0, 0.05) is 19.8 Å². The zero-order chi connectivity index (χ0) is 15.2. The lowest BCUT2D eigenvalue weighted by Gasteiger charge is -2.22. The van der Waals surface area contributed by atoms with Gasteiger partial charge in [-0.05, 0) is 38.0 Å². The highest BCUT2D eigenvalue weighted by atomic mass is 16.7. The Kier molecular flexibility index (Phi) is 12.2. The van der Waals surface area contributed by atoms with E-state index in [0.29, 0.717) is 12.5 Å². The number of aliphatic hydroxyl groups is 1. The standard InChI is InChI=1S/C18H36O3/c1-17(13-14-19)11-7-5-3-2-4-6-9-15-20-18-12-8-10-16-21-18/h17-19H,2-16H2,1H3. The molecule has 21 heavy (non-hydrogen) atoms. The first-order chi connectivity index (χ1) is 10.3. The van der Waals surface area contributed by atoms with Gasteiger partial charge in [0.1, 0.15) is 0 Å². The predicted molar refractivity (Wildman–Crippen MR) is 87.3 cm³/mol. The van der Waals surface area contributed by atoms with Crippen molar-refractivity contribution < 1.29 is 14.6 Å². The van der Waals surface area contributed by atoms with E-state index in [1.54, 1.807) is 0 Å².